The van der Waals surface area contributed by atoms with Gasteiger partial charge < -0.3 is 10.0 Å². The molecular weight excluding hydrogens is 218 g/mol. The Balaban J connectivity index is 2.37. The van der Waals surface area contributed by atoms with Crippen molar-refractivity contribution in [3.8, 4) is 0 Å². The fourth-order valence-corrected chi connectivity index (χ4v) is 2.70. The molecule has 4 heteroatoms. The first-order valence-corrected chi connectivity index (χ1v) is 6.51. The lowest BCUT2D eigenvalue weighted by atomic mass is 9.79. The standard InChI is InChI=1S/C13H23NO3/c1-3-4-10-5-7-11(8-6-10)13(17)14(2)9-12(15)16/h10-11H,3-9H2,1-2H3,(H,15,16). The van der Waals surface area contributed by atoms with E-state index in [-0.39, 0.29) is 18.4 Å². The van der Waals surface area contributed by atoms with Crippen molar-refractivity contribution in [2.45, 2.75) is 45.4 Å². The summed E-state index contributed by atoms with van der Waals surface area (Å²) in [7, 11) is 1.58. The molecule has 0 aromatic heterocycles. The first-order valence-electron chi connectivity index (χ1n) is 6.51. The molecule has 1 amide bonds. The maximum Gasteiger partial charge on any atom is 0.323 e. The predicted octanol–water partition coefficient (Wildman–Crippen LogP) is 2.14. The molecule has 1 fully saturated rings. The molecule has 0 radical (unpaired) electrons. The maximum absolute atomic E-state index is 12.0. The van der Waals surface area contributed by atoms with E-state index in [0.717, 1.165) is 31.6 Å². The maximum atomic E-state index is 12.0. The largest absolute Gasteiger partial charge is 0.480 e. The van der Waals surface area contributed by atoms with Gasteiger partial charge in [-0.15, -0.1) is 0 Å². The van der Waals surface area contributed by atoms with E-state index in [9.17, 15) is 9.59 Å². The van der Waals surface area contributed by atoms with Gasteiger partial charge >= 0.3 is 5.97 Å². The van der Waals surface area contributed by atoms with Crippen molar-refractivity contribution in [3.63, 3.8) is 0 Å². The summed E-state index contributed by atoms with van der Waals surface area (Å²) < 4.78 is 0. The highest BCUT2D eigenvalue weighted by molar-refractivity contribution is 5.82. The van der Waals surface area contributed by atoms with Crippen LogP contribution in [0, 0.1) is 11.8 Å². The molecular formula is C13H23NO3. The smallest absolute Gasteiger partial charge is 0.323 e. The lowest BCUT2D eigenvalue weighted by Crippen LogP contribution is -2.38. The summed E-state index contributed by atoms with van der Waals surface area (Å²) in [5.41, 5.74) is 0. The first-order chi connectivity index (χ1) is 8.04. The van der Waals surface area contributed by atoms with E-state index in [4.69, 9.17) is 5.11 Å². The molecule has 1 aliphatic carbocycles. The summed E-state index contributed by atoms with van der Waals surface area (Å²) >= 11 is 0. The van der Waals surface area contributed by atoms with Gasteiger partial charge in [-0.05, 0) is 31.6 Å². The Kier molecular flexibility index (Phi) is 5.45. The minimum absolute atomic E-state index is 0.00217. The molecule has 0 aliphatic heterocycles. The van der Waals surface area contributed by atoms with E-state index in [1.165, 1.54) is 17.7 Å². The zero-order valence-electron chi connectivity index (χ0n) is 10.8. The molecule has 0 saturated heterocycles. The Bertz CT molecular complexity index is 270. The topological polar surface area (TPSA) is 57.6 Å². The van der Waals surface area contributed by atoms with E-state index in [0.29, 0.717) is 0 Å². The summed E-state index contributed by atoms with van der Waals surface area (Å²) in [6, 6.07) is 0. The molecule has 98 valence electrons. The third-order valence-corrected chi connectivity index (χ3v) is 3.64. The lowest BCUT2D eigenvalue weighted by molar-refractivity contribution is -0.145. The molecule has 1 aliphatic rings. The van der Waals surface area contributed by atoms with E-state index >= 15 is 0 Å². The van der Waals surface area contributed by atoms with Crippen LogP contribution in [0.5, 0.6) is 0 Å². The quantitative estimate of drug-likeness (QED) is 0.802. The molecule has 0 aromatic carbocycles. The molecule has 0 bridgehead atoms. The zero-order chi connectivity index (χ0) is 12.8. The van der Waals surface area contributed by atoms with E-state index < -0.39 is 5.97 Å². The van der Waals surface area contributed by atoms with E-state index in [2.05, 4.69) is 6.92 Å². The summed E-state index contributed by atoms with van der Waals surface area (Å²) in [5, 5.41) is 8.65. The Morgan fingerprint density at radius 2 is 1.82 bits per heavy atom. The van der Waals surface area contributed by atoms with Crippen LogP contribution in [0.3, 0.4) is 0 Å². The van der Waals surface area contributed by atoms with Crippen LogP contribution < -0.4 is 0 Å². The summed E-state index contributed by atoms with van der Waals surface area (Å²) in [5.74, 6) is -0.121. The van der Waals surface area contributed by atoms with Crippen molar-refractivity contribution in [1.82, 2.24) is 4.90 Å². The number of carbonyl (C=O) groups excluding carboxylic acids is 1. The van der Waals surface area contributed by atoms with Crippen molar-refractivity contribution >= 4 is 11.9 Å². The molecule has 1 N–H and O–H groups in total. The summed E-state index contributed by atoms with van der Waals surface area (Å²) in [6.45, 7) is 2.01. The second kappa shape index (κ2) is 6.62. The number of nitrogens with zero attached hydrogens (tertiary/aromatic N) is 1. The van der Waals surface area contributed by atoms with Gasteiger partial charge in [0.15, 0.2) is 0 Å². The highest BCUT2D eigenvalue weighted by atomic mass is 16.4. The Morgan fingerprint density at radius 1 is 1.24 bits per heavy atom. The number of hydrogen-bond donors (Lipinski definition) is 1. The summed E-state index contributed by atoms with van der Waals surface area (Å²) in [6.07, 6.45) is 6.55. The van der Waals surface area contributed by atoms with Gasteiger partial charge in [-0.2, -0.15) is 0 Å². The van der Waals surface area contributed by atoms with Crippen molar-refractivity contribution < 1.29 is 14.7 Å². The van der Waals surface area contributed by atoms with Crippen LogP contribution in [0.25, 0.3) is 0 Å². The van der Waals surface area contributed by atoms with Gasteiger partial charge in [-0.25, -0.2) is 0 Å². The van der Waals surface area contributed by atoms with Gasteiger partial charge in [0.05, 0.1) is 0 Å². The number of carbonyl (C=O) groups is 2. The van der Waals surface area contributed by atoms with Gasteiger partial charge in [0.25, 0.3) is 0 Å². The zero-order valence-corrected chi connectivity index (χ0v) is 10.8. The molecule has 1 saturated carbocycles. The lowest BCUT2D eigenvalue weighted by Gasteiger charge is -2.29. The Hall–Kier alpha value is -1.06. The highest BCUT2D eigenvalue weighted by Crippen LogP contribution is 2.32. The van der Waals surface area contributed by atoms with Crippen molar-refractivity contribution in [1.29, 1.82) is 0 Å². The number of carboxylic acids is 1. The number of carboxylic acid groups (broad SMARTS) is 1. The van der Waals surface area contributed by atoms with E-state index in [1.54, 1.807) is 7.05 Å². The highest BCUT2D eigenvalue weighted by Gasteiger charge is 2.28. The minimum Gasteiger partial charge on any atom is -0.480 e. The Labute approximate surface area is 103 Å². The predicted molar refractivity (Wildman–Crippen MR) is 65.6 cm³/mol. The molecule has 0 unspecified atom stereocenters. The van der Waals surface area contributed by atoms with Gasteiger partial charge in [0.2, 0.25) is 5.91 Å². The third-order valence-electron chi connectivity index (χ3n) is 3.64. The van der Waals surface area contributed by atoms with Crippen LogP contribution in [-0.4, -0.2) is 35.5 Å². The number of aliphatic carboxylic acids is 1. The Morgan fingerprint density at radius 3 is 2.29 bits per heavy atom. The van der Waals surface area contributed by atoms with Gasteiger partial charge in [0.1, 0.15) is 6.54 Å². The molecule has 0 atom stereocenters. The van der Waals surface area contributed by atoms with E-state index in [1.807, 2.05) is 0 Å². The second-order valence-corrected chi connectivity index (χ2v) is 5.09. The van der Waals surface area contributed by atoms with Gasteiger partial charge in [-0.3, -0.25) is 9.59 Å². The monoisotopic (exact) mass is 241 g/mol. The number of hydrogen-bond acceptors (Lipinski definition) is 2. The van der Waals surface area contributed by atoms with Crippen LogP contribution in [0.4, 0.5) is 0 Å². The van der Waals surface area contributed by atoms with Crippen LogP contribution >= 0.6 is 0 Å². The first kappa shape index (κ1) is 14.0. The van der Waals surface area contributed by atoms with Gasteiger partial charge in [-0.1, -0.05) is 19.8 Å². The van der Waals surface area contributed by atoms with Crippen LogP contribution in [-0.2, 0) is 9.59 Å². The molecule has 4 nitrogen and oxygen atoms in total. The fourth-order valence-electron chi connectivity index (χ4n) is 2.70. The molecule has 17 heavy (non-hydrogen) atoms. The number of rotatable bonds is 5. The molecule has 0 spiro atoms. The average molecular weight is 241 g/mol. The SMILES string of the molecule is CCCC1CCC(C(=O)N(C)CC(=O)O)CC1. The van der Waals surface area contributed by atoms with Crippen LogP contribution in [0.2, 0.25) is 0 Å². The van der Waals surface area contributed by atoms with Crippen molar-refractivity contribution in [2.24, 2.45) is 11.8 Å². The number of amides is 1. The summed E-state index contributed by atoms with van der Waals surface area (Å²) in [4.78, 5) is 23.8. The normalized spacial score (nSPS) is 24.4. The average Bonchev–Trinajstić information content (AvgIpc) is 2.28. The molecule has 0 aromatic rings. The van der Waals surface area contributed by atoms with Crippen LogP contribution in [0.1, 0.15) is 45.4 Å². The van der Waals surface area contributed by atoms with Crippen molar-refractivity contribution in [2.75, 3.05) is 13.6 Å². The minimum atomic E-state index is -0.944. The van der Waals surface area contributed by atoms with Gasteiger partial charge in [0, 0.05) is 13.0 Å². The molecule has 1 rings (SSSR count). The molecule has 0 heterocycles. The van der Waals surface area contributed by atoms with Crippen molar-refractivity contribution in [3.05, 3.63) is 0 Å². The third kappa shape index (κ3) is 4.36. The second-order valence-electron chi connectivity index (χ2n) is 5.09. The fraction of sp³-hybridized carbons (Fsp3) is 0.846. The number of likely N-dealkylation sites (N-methyl/N-ethyl adjacent to an activating group) is 1. The van der Waals surface area contributed by atoms with Crippen LogP contribution in [0.15, 0.2) is 0 Å².